The zero-order valence-corrected chi connectivity index (χ0v) is 14.7. The lowest BCUT2D eigenvalue weighted by molar-refractivity contribution is -0.148. The van der Waals surface area contributed by atoms with Gasteiger partial charge < -0.3 is 15.8 Å². The molecular formula is C17H30N2O4. The standard InChI is InChI=1S/C17H30N2O4/c1-12(2)6-5-7-13(3)10-11-23-17(22)15(19-14(4)20)8-9-16(18)21/h6,13,15H,5,7-11H2,1-4H3,(H2,18,21)(H,19,20)/t13?,15-/m0/s1. The lowest BCUT2D eigenvalue weighted by atomic mass is 10.0. The van der Waals surface area contributed by atoms with E-state index in [0.717, 1.165) is 19.3 Å². The van der Waals surface area contributed by atoms with E-state index in [1.54, 1.807) is 0 Å². The first-order valence-electron chi connectivity index (χ1n) is 8.07. The van der Waals surface area contributed by atoms with Crippen molar-refractivity contribution < 1.29 is 19.1 Å². The summed E-state index contributed by atoms with van der Waals surface area (Å²) in [6.45, 7) is 7.88. The molecule has 1 unspecified atom stereocenters. The Bertz CT molecular complexity index is 428. The molecule has 0 heterocycles. The number of hydrogen-bond donors (Lipinski definition) is 2. The molecule has 0 saturated heterocycles. The minimum absolute atomic E-state index is 0.0269. The number of ether oxygens (including phenoxy) is 1. The number of nitrogens with two attached hydrogens (primary N) is 1. The minimum atomic E-state index is -0.819. The Morgan fingerprint density at radius 2 is 1.78 bits per heavy atom. The first-order chi connectivity index (χ1) is 10.7. The monoisotopic (exact) mass is 326 g/mol. The van der Waals surface area contributed by atoms with Gasteiger partial charge in [-0.3, -0.25) is 9.59 Å². The Balaban J connectivity index is 4.17. The van der Waals surface area contributed by atoms with E-state index >= 15 is 0 Å². The maximum absolute atomic E-state index is 12.0. The summed E-state index contributed by atoms with van der Waals surface area (Å²) >= 11 is 0. The van der Waals surface area contributed by atoms with E-state index in [9.17, 15) is 14.4 Å². The molecule has 6 nitrogen and oxygen atoms in total. The molecule has 0 aromatic heterocycles. The van der Waals surface area contributed by atoms with E-state index < -0.39 is 17.9 Å². The largest absolute Gasteiger partial charge is 0.464 e. The van der Waals surface area contributed by atoms with E-state index in [1.807, 2.05) is 0 Å². The molecule has 0 aliphatic heterocycles. The highest BCUT2D eigenvalue weighted by Crippen LogP contribution is 2.12. The second-order valence-electron chi connectivity index (χ2n) is 6.18. The summed E-state index contributed by atoms with van der Waals surface area (Å²) in [5.41, 5.74) is 6.37. The molecule has 0 aliphatic rings. The van der Waals surface area contributed by atoms with Crippen LogP contribution in [0.4, 0.5) is 0 Å². The molecule has 0 aromatic carbocycles. The van der Waals surface area contributed by atoms with E-state index in [1.165, 1.54) is 12.5 Å². The molecule has 23 heavy (non-hydrogen) atoms. The molecule has 0 aliphatic carbocycles. The van der Waals surface area contributed by atoms with Crippen LogP contribution in [0, 0.1) is 5.92 Å². The number of rotatable bonds is 11. The van der Waals surface area contributed by atoms with Crippen molar-refractivity contribution in [2.24, 2.45) is 11.7 Å². The number of primary amides is 1. The predicted octanol–water partition coefficient (Wildman–Crippen LogP) is 2.07. The summed E-state index contributed by atoms with van der Waals surface area (Å²) < 4.78 is 5.21. The third-order valence-corrected chi connectivity index (χ3v) is 3.41. The second kappa shape index (κ2) is 11.7. The van der Waals surface area contributed by atoms with Crippen molar-refractivity contribution in [3.05, 3.63) is 11.6 Å². The molecule has 0 saturated carbocycles. The highest BCUT2D eigenvalue weighted by molar-refractivity contribution is 5.84. The van der Waals surface area contributed by atoms with Crippen LogP contribution in [0.15, 0.2) is 11.6 Å². The summed E-state index contributed by atoms with van der Waals surface area (Å²) in [7, 11) is 0. The highest BCUT2D eigenvalue weighted by atomic mass is 16.5. The van der Waals surface area contributed by atoms with Gasteiger partial charge in [0.05, 0.1) is 6.61 Å². The number of amides is 2. The van der Waals surface area contributed by atoms with Crippen molar-refractivity contribution in [3.8, 4) is 0 Å². The Hall–Kier alpha value is -1.85. The van der Waals surface area contributed by atoms with Crippen LogP contribution >= 0.6 is 0 Å². The molecule has 3 N–H and O–H groups in total. The van der Waals surface area contributed by atoms with Gasteiger partial charge >= 0.3 is 5.97 Å². The molecule has 2 amide bonds. The fraction of sp³-hybridized carbons (Fsp3) is 0.706. The van der Waals surface area contributed by atoms with E-state index in [4.69, 9.17) is 10.5 Å². The average Bonchev–Trinajstić information content (AvgIpc) is 2.42. The fourth-order valence-corrected chi connectivity index (χ4v) is 2.04. The third kappa shape index (κ3) is 12.4. The summed E-state index contributed by atoms with van der Waals surface area (Å²) in [5, 5.41) is 2.49. The number of allylic oxidation sites excluding steroid dienone is 2. The highest BCUT2D eigenvalue weighted by Gasteiger charge is 2.21. The summed E-state index contributed by atoms with van der Waals surface area (Å²) in [5.74, 6) is -0.922. The van der Waals surface area contributed by atoms with Crippen LogP contribution in [0.1, 0.15) is 59.8 Å². The Morgan fingerprint density at radius 1 is 1.13 bits per heavy atom. The maximum atomic E-state index is 12.0. The maximum Gasteiger partial charge on any atom is 0.328 e. The van der Waals surface area contributed by atoms with Crippen molar-refractivity contribution in [2.75, 3.05) is 6.61 Å². The van der Waals surface area contributed by atoms with Crippen molar-refractivity contribution >= 4 is 17.8 Å². The number of carbonyl (C=O) groups excluding carboxylic acids is 3. The van der Waals surface area contributed by atoms with Crippen LogP contribution in [0.2, 0.25) is 0 Å². The van der Waals surface area contributed by atoms with E-state index in [0.29, 0.717) is 12.5 Å². The van der Waals surface area contributed by atoms with Crippen LogP contribution in [-0.4, -0.2) is 30.4 Å². The fourth-order valence-electron chi connectivity index (χ4n) is 2.04. The van der Waals surface area contributed by atoms with Crippen LogP contribution in [-0.2, 0) is 19.1 Å². The molecule has 6 heteroatoms. The first kappa shape index (κ1) is 21.1. The van der Waals surface area contributed by atoms with Crippen molar-refractivity contribution in [1.29, 1.82) is 0 Å². The van der Waals surface area contributed by atoms with Gasteiger partial charge in [-0.25, -0.2) is 4.79 Å². The van der Waals surface area contributed by atoms with Crippen LogP contribution in [0.3, 0.4) is 0 Å². The molecule has 0 fully saturated rings. The van der Waals surface area contributed by atoms with Gasteiger partial charge in [0.25, 0.3) is 0 Å². The van der Waals surface area contributed by atoms with Crippen molar-refractivity contribution in [3.63, 3.8) is 0 Å². The number of nitrogens with one attached hydrogen (secondary N) is 1. The molecular weight excluding hydrogens is 296 g/mol. The number of hydrogen-bond acceptors (Lipinski definition) is 4. The molecule has 0 aromatic rings. The summed E-state index contributed by atoms with van der Waals surface area (Å²) in [4.78, 5) is 33.9. The molecule has 0 radical (unpaired) electrons. The molecule has 2 atom stereocenters. The molecule has 132 valence electrons. The van der Waals surface area contributed by atoms with Gasteiger partial charge in [-0.1, -0.05) is 18.6 Å². The van der Waals surface area contributed by atoms with Gasteiger partial charge in [-0.05, 0) is 45.4 Å². The Kier molecular flexibility index (Phi) is 10.7. The lowest BCUT2D eigenvalue weighted by Crippen LogP contribution is -2.41. The van der Waals surface area contributed by atoms with Crippen molar-refractivity contribution in [2.45, 2.75) is 65.8 Å². The Labute approximate surface area is 138 Å². The molecule has 0 bridgehead atoms. The number of esters is 1. The van der Waals surface area contributed by atoms with Gasteiger partial charge in [0.1, 0.15) is 6.04 Å². The normalized spacial score (nSPS) is 12.9. The van der Waals surface area contributed by atoms with Gasteiger partial charge in [0, 0.05) is 13.3 Å². The van der Waals surface area contributed by atoms with E-state index in [-0.39, 0.29) is 18.7 Å². The smallest absolute Gasteiger partial charge is 0.328 e. The Morgan fingerprint density at radius 3 is 2.30 bits per heavy atom. The average molecular weight is 326 g/mol. The number of carbonyl (C=O) groups is 3. The predicted molar refractivity (Wildman–Crippen MR) is 89.4 cm³/mol. The lowest BCUT2D eigenvalue weighted by Gasteiger charge is -2.17. The SMILES string of the molecule is CC(=O)N[C@@H](CCC(N)=O)C(=O)OCCC(C)CCC=C(C)C. The zero-order chi connectivity index (χ0) is 17.8. The zero-order valence-electron chi connectivity index (χ0n) is 14.7. The summed E-state index contributed by atoms with van der Waals surface area (Å²) in [6, 6.07) is -0.819. The van der Waals surface area contributed by atoms with Crippen LogP contribution in [0.5, 0.6) is 0 Å². The molecule has 0 rings (SSSR count). The quantitative estimate of drug-likeness (QED) is 0.448. The summed E-state index contributed by atoms with van der Waals surface area (Å²) in [6.07, 6.45) is 5.21. The second-order valence-corrected chi connectivity index (χ2v) is 6.18. The van der Waals surface area contributed by atoms with Gasteiger partial charge in [0.15, 0.2) is 0 Å². The van der Waals surface area contributed by atoms with Crippen LogP contribution < -0.4 is 11.1 Å². The molecule has 0 spiro atoms. The third-order valence-electron chi connectivity index (χ3n) is 3.41. The topological polar surface area (TPSA) is 98.5 Å². The van der Waals surface area contributed by atoms with Gasteiger partial charge in [-0.15, -0.1) is 0 Å². The van der Waals surface area contributed by atoms with Crippen molar-refractivity contribution in [1.82, 2.24) is 5.32 Å². The van der Waals surface area contributed by atoms with Gasteiger partial charge in [-0.2, -0.15) is 0 Å². The van der Waals surface area contributed by atoms with Gasteiger partial charge in [0.2, 0.25) is 11.8 Å². The van der Waals surface area contributed by atoms with Crippen LogP contribution in [0.25, 0.3) is 0 Å². The van der Waals surface area contributed by atoms with E-state index in [2.05, 4.69) is 32.2 Å². The first-order valence-corrected chi connectivity index (χ1v) is 8.07. The minimum Gasteiger partial charge on any atom is -0.464 e.